The lowest BCUT2D eigenvalue weighted by atomic mass is 10.0. The van der Waals surface area contributed by atoms with Gasteiger partial charge in [0.15, 0.2) is 0 Å². The summed E-state index contributed by atoms with van der Waals surface area (Å²) in [6.45, 7) is 4.05. The fourth-order valence-corrected chi connectivity index (χ4v) is 2.94. The maximum Gasteiger partial charge on any atom is 0.328 e. The number of hydrogen-bond acceptors (Lipinski definition) is 4. The normalized spacial score (nSPS) is 11.8. The first-order chi connectivity index (χ1) is 13.0. The van der Waals surface area contributed by atoms with E-state index in [1.54, 1.807) is 6.07 Å². The van der Waals surface area contributed by atoms with Crippen LogP contribution in [0.15, 0.2) is 54.7 Å². The van der Waals surface area contributed by atoms with Crippen LogP contribution in [-0.2, 0) is 16.0 Å². The number of aryl methyl sites for hydroxylation is 2. The van der Waals surface area contributed by atoms with Crippen LogP contribution in [0.4, 0.5) is 0 Å². The number of methoxy groups -OCH3 is 1. The summed E-state index contributed by atoms with van der Waals surface area (Å²) in [4.78, 5) is 29.2. The van der Waals surface area contributed by atoms with Crippen LogP contribution in [0.2, 0.25) is 0 Å². The molecule has 5 heteroatoms. The van der Waals surface area contributed by atoms with Crippen molar-refractivity contribution in [3.05, 3.63) is 77.0 Å². The molecule has 138 valence electrons. The van der Waals surface area contributed by atoms with Gasteiger partial charge >= 0.3 is 5.97 Å². The first kappa shape index (κ1) is 18.6. The lowest BCUT2D eigenvalue weighted by Gasteiger charge is -2.17. The van der Waals surface area contributed by atoms with E-state index in [-0.39, 0.29) is 5.91 Å². The maximum atomic E-state index is 12.7. The maximum absolute atomic E-state index is 12.7. The molecule has 0 aliphatic heterocycles. The Bertz CT molecular complexity index is 998. The summed E-state index contributed by atoms with van der Waals surface area (Å²) in [7, 11) is 1.32. The number of nitrogens with zero attached hydrogens (tertiary/aromatic N) is 1. The average Bonchev–Trinajstić information content (AvgIpc) is 2.69. The Morgan fingerprint density at radius 1 is 1.07 bits per heavy atom. The Balaban J connectivity index is 1.81. The average molecular weight is 362 g/mol. The Morgan fingerprint density at radius 2 is 1.85 bits per heavy atom. The largest absolute Gasteiger partial charge is 0.467 e. The zero-order valence-corrected chi connectivity index (χ0v) is 15.7. The van der Waals surface area contributed by atoms with E-state index in [1.165, 1.54) is 18.9 Å². The second-order valence-electron chi connectivity index (χ2n) is 6.59. The zero-order valence-electron chi connectivity index (χ0n) is 15.7. The number of amides is 1. The molecule has 0 aliphatic carbocycles. The van der Waals surface area contributed by atoms with E-state index in [9.17, 15) is 9.59 Å². The molecule has 1 amide bonds. The minimum atomic E-state index is -0.768. The Morgan fingerprint density at radius 3 is 2.59 bits per heavy atom. The number of pyridine rings is 1. The smallest absolute Gasteiger partial charge is 0.328 e. The van der Waals surface area contributed by atoms with Crippen molar-refractivity contribution in [3.8, 4) is 0 Å². The first-order valence-corrected chi connectivity index (χ1v) is 8.77. The molecule has 1 heterocycles. The lowest BCUT2D eigenvalue weighted by Crippen LogP contribution is -2.43. The molecule has 0 saturated carbocycles. The SMILES string of the molecule is COC(=O)[C@H](Cc1ccc(C)c(C)c1)NC(=O)c1cnc2ccccc2c1. The molecule has 0 fully saturated rings. The van der Waals surface area contributed by atoms with Gasteiger partial charge in [0, 0.05) is 18.0 Å². The van der Waals surface area contributed by atoms with Gasteiger partial charge in [-0.2, -0.15) is 0 Å². The molecule has 0 spiro atoms. The summed E-state index contributed by atoms with van der Waals surface area (Å²) in [6, 6.07) is 14.6. The molecule has 1 atom stereocenters. The van der Waals surface area contributed by atoms with E-state index in [2.05, 4.69) is 10.3 Å². The summed E-state index contributed by atoms with van der Waals surface area (Å²) < 4.78 is 4.88. The topological polar surface area (TPSA) is 68.3 Å². The summed E-state index contributed by atoms with van der Waals surface area (Å²) >= 11 is 0. The number of nitrogens with one attached hydrogen (secondary N) is 1. The second kappa shape index (κ2) is 7.99. The fourth-order valence-electron chi connectivity index (χ4n) is 2.94. The number of carbonyl (C=O) groups excluding carboxylic acids is 2. The van der Waals surface area contributed by atoms with Gasteiger partial charge in [0.25, 0.3) is 5.91 Å². The van der Waals surface area contributed by atoms with Crippen molar-refractivity contribution in [1.82, 2.24) is 10.3 Å². The van der Waals surface area contributed by atoms with Crippen LogP contribution < -0.4 is 5.32 Å². The Hall–Kier alpha value is -3.21. The van der Waals surface area contributed by atoms with E-state index in [4.69, 9.17) is 4.74 Å². The number of aromatic nitrogens is 1. The van der Waals surface area contributed by atoms with Gasteiger partial charge in [-0.1, -0.05) is 36.4 Å². The number of fused-ring (bicyclic) bond motifs is 1. The second-order valence-corrected chi connectivity index (χ2v) is 6.59. The van der Waals surface area contributed by atoms with Crippen molar-refractivity contribution in [2.45, 2.75) is 26.3 Å². The van der Waals surface area contributed by atoms with Crippen molar-refractivity contribution in [3.63, 3.8) is 0 Å². The van der Waals surface area contributed by atoms with Crippen LogP contribution in [0.25, 0.3) is 10.9 Å². The van der Waals surface area contributed by atoms with Crippen molar-refractivity contribution in [2.75, 3.05) is 7.11 Å². The number of benzene rings is 2. The zero-order chi connectivity index (χ0) is 19.4. The number of ether oxygens (including phenoxy) is 1. The van der Waals surface area contributed by atoms with E-state index >= 15 is 0 Å². The third-order valence-corrected chi connectivity index (χ3v) is 4.65. The summed E-state index contributed by atoms with van der Waals surface area (Å²) in [6.07, 6.45) is 1.88. The number of esters is 1. The van der Waals surface area contributed by atoms with Crippen LogP contribution in [0.3, 0.4) is 0 Å². The molecule has 3 aromatic rings. The predicted molar refractivity (Wildman–Crippen MR) is 105 cm³/mol. The molecule has 1 N–H and O–H groups in total. The van der Waals surface area contributed by atoms with Crippen LogP contribution in [-0.4, -0.2) is 30.0 Å². The number of rotatable bonds is 5. The van der Waals surface area contributed by atoms with E-state index < -0.39 is 12.0 Å². The molecule has 5 nitrogen and oxygen atoms in total. The van der Waals surface area contributed by atoms with E-state index in [1.807, 2.05) is 56.3 Å². The van der Waals surface area contributed by atoms with Crippen LogP contribution in [0, 0.1) is 13.8 Å². The molecule has 0 unspecified atom stereocenters. The van der Waals surface area contributed by atoms with Gasteiger partial charge in [0.1, 0.15) is 6.04 Å². The molecular formula is C22H22N2O3. The van der Waals surface area contributed by atoms with Crippen molar-refractivity contribution < 1.29 is 14.3 Å². The number of carbonyl (C=O) groups is 2. The molecule has 1 aromatic heterocycles. The lowest BCUT2D eigenvalue weighted by molar-refractivity contribution is -0.142. The quantitative estimate of drug-likeness (QED) is 0.707. The van der Waals surface area contributed by atoms with Crippen LogP contribution in [0.5, 0.6) is 0 Å². The van der Waals surface area contributed by atoms with Gasteiger partial charge in [-0.15, -0.1) is 0 Å². The highest BCUT2D eigenvalue weighted by Gasteiger charge is 2.23. The van der Waals surface area contributed by atoms with Crippen LogP contribution >= 0.6 is 0 Å². The molecule has 0 aliphatic rings. The van der Waals surface area contributed by atoms with Crippen LogP contribution in [0.1, 0.15) is 27.0 Å². The van der Waals surface area contributed by atoms with Crippen molar-refractivity contribution >= 4 is 22.8 Å². The Labute approximate surface area is 158 Å². The first-order valence-electron chi connectivity index (χ1n) is 8.77. The third kappa shape index (κ3) is 4.31. The third-order valence-electron chi connectivity index (χ3n) is 4.65. The highest BCUT2D eigenvalue weighted by Crippen LogP contribution is 2.15. The van der Waals surface area contributed by atoms with E-state index in [0.717, 1.165) is 22.0 Å². The molecule has 0 bridgehead atoms. The molecule has 0 saturated heterocycles. The highest BCUT2D eigenvalue weighted by molar-refractivity contribution is 5.99. The highest BCUT2D eigenvalue weighted by atomic mass is 16.5. The van der Waals surface area contributed by atoms with Gasteiger partial charge < -0.3 is 10.1 Å². The summed E-state index contributed by atoms with van der Waals surface area (Å²) in [5.74, 6) is -0.831. The summed E-state index contributed by atoms with van der Waals surface area (Å²) in [5.41, 5.74) is 4.50. The predicted octanol–water partition coefficient (Wildman–Crippen LogP) is 3.37. The van der Waals surface area contributed by atoms with Gasteiger partial charge in [-0.3, -0.25) is 9.78 Å². The van der Waals surface area contributed by atoms with Gasteiger partial charge in [0.05, 0.1) is 18.2 Å². The van der Waals surface area contributed by atoms with Gasteiger partial charge in [-0.25, -0.2) is 4.79 Å². The molecule has 0 radical (unpaired) electrons. The fraction of sp³-hybridized carbons (Fsp3) is 0.227. The molecule has 27 heavy (non-hydrogen) atoms. The monoisotopic (exact) mass is 362 g/mol. The minimum Gasteiger partial charge on any atom is -0.467 e. The molecular weight excluding hydrogens is 340 g/mol. The number of hydrogen-bond donors (Lipinski definition) is 1. The standard InChI is InChI=1S/C22H22N2O3/c1-14-8-9-16(10-15(14)2)11-20(22(26)27-3)24-21(25)18-12-17-6-4-5-7-19(17)23-13-18/h4-10,12-13,20H,11H2,1-3H3,(H,24,25)/t20-/m0/s1. The summed E-state index contributed by atoms with van der Waals surface area (Å²) in [5, 5.41) is 3.65. The number of para-hydroxylation sites is 1. The minimum absolute atomic E-state index is 0.354. The van der Waals surface area contributed by atoms with Gasteiger partial charge in [-0.05, 0) is 42.7 Å². The van der Waals surface area contributed by atoms with Crippen molar-refractivity contribution in [2.24, 2.45) is 0 Å². The Kier molecular flexibility index (Phi) is 5.50. The molecule has 2 aromatic carbocycles. The van der Waals surface area contributed by atoms with Crippen molar-refractivity contribution in [1.29, 1.82) is 0 Å². The van der Waals surface area contributed by atoms with Gasteiger partial charge in [0.2, 0.25) is 0 Å². The van der Waals surface area contributed by atoms with E-state index in [0.29, 0.717) is 12.0 Å². The molecule has 3 rings (SSSR count).